The first-order chi connectivity index (χ1) is 13.7. The second kappa shape index (κ2) is 7.47. The Morgan fingerprint density at radius 3 is 1.40 bits per heavy atom. The predicted octanol–water partition coefficient (Wildman–Crippen LogP) is 4.57. The topological polar surface area (TPSA) is 36.8 Å². The maximum atomic E-state index is 15.1. The van der Waals surface area contributed by atoms with Gasteiger partial charge in [-0.15, -0.1) is 0 Å². The summed E-state index contributed by atoms with van der Waals surface area (Å²) in [4.78, 5) is 0. The average Bonchev–Trinajstić information content (AvgIpc) is 3.13. The lowest BCUT2D eigenvalue weighted by Crippen LogP contribution is -2.32. The summed E-state index contributed by atoms with van der Waals surface area (Å²) in [6.07, 6.45) is 3.90. The summed E-state index contributed by atoms with van der Waals surface area (Å²) in [6.45, 7) is 12.6. The Balaban J connectivity index is 2.45. The van der Waals surface area contributed by atoms with Crippen molar-refractivity contribution in [2.45, 2.75) is 52.6 Å². The fraction of sp³-hybridized carbons (Fsp3) is 0.455. The van der Waals surface area contributed by atoms with E-state index in [1.807, 2.05) is 75.1 Å². The van der Waals surface area contributed by atoms with Crippen LogP contribution in [0, 0.1) is 9.54 Å². The van der Waals surface area contributed by atoms with Crippen LogP contribution >= 0.6 is 31.6 Å². The van der Waals surface area contributed by atoms with Crippen LogP contribution in [0.2, 0.25) is 0 Å². The van der Waals surface area contributed by atoms with E-state index in [1.54, 1.807) is 0 Å². The van der Waals surface area contributed by atoms with E-state index in [9.17, 15) is 0 Å². The first kappa shape index (κ1) is 23.0. The van der Waals surface area contributed by atoms with Gasteiger partial charge in [0.1, 0.15) is 10.9 Å². The molecule has 5 nitrogen and oxygen atoms in total. The summed E-state index contributed by atoms with van der Waals surface area (Å²) >= 11 is 11.5. The molecule has 3 rings (SSSR count). The minimum atomic E-state index is -3.25. The molecule has 0 N–H and O–H groups in total. The molecule has 0 unspecified atom stereocenters. The molecule has 1 aromatic carbocycles. The molecule has 0 saturated carbocycles. The Kier molecular flexibility index (Phi) is 5.72. The number of imidazole rings is 2. The van der Waals surface area contributed by atoms with E-state index >= 15 is 4.57 Å². The third-order valence-electron chi connectivity index (χ3n) is 5.37. The molecular weight excluding hydrogens is 431 g/mol. The van der Waals surface area contributed by atoms with Crippen LogP contribution in [0.1, 0.15) is 41.5 Å². The largest absolute Gasteiger partial charge is 0.318 e. The van der Waals surface area contributed by atoms with Gasteiger partial charge in [-0.3, -0.25) is 0 Å². The normalized spacial score (nSPS) is 13.1. The van der Waals surface area contributed by atoms with Gasteiger partial charge in [0.2, 0.25) is 7.14 Å². The van der Waals surface area contributed by atoms with Crippen molar-refractivity contribution in [2.24, 2.45) is 14.1 Å². The van der Waals surface area contributed by atoms with Gasteiger partial charge in [0.05, 0.1) is 0 Å². The SMILES string of the molecule is Cn1c(P(=O)(c2ccccc2)c2cn(C(C)(C)C)c(=S)n2C)cn(C(C)(C)C)c1=S. The molecule has 0 amide bonds. The summed E-state index contributed by atoms with van der Waals surface area (Å²) in [7, 11) is 0.535. The molecule has 0 spiro atoms. The molecule has 0 bridgehead atoms. The van der Waals surface area contributed by atoms with Crippen molar-refractivity contribution < 1.29 is 4.57 Å². The van der Waals surface area contributed by atoms with Gasteiger partial charge in [-0.05, 0) is 66.0 Å². The van der Waals surface area contributed by atoms with E-state index in [2.05, 4.69) is 41.5 Å². The molecule has 0 fully saturated rings. The summed E-state index contributed by atoms with van der Waals surface area (Å²) < 4.78 is 24.2. The van der Waals surface area contributed by atoms with E-state index in [-0.39, 0.29) is 11.1 Å². The standard InChI is InChI=1S/C22H31N4OPS2/c1-21(2,3)25-14-17(23(7)19(25)29)28(27,16-12-10-9-11-13-16)18-15-26(22(4,5)6)20(30)24(18)8/h9-15H,1-8H3. The highest BCUT2D eigenvalue weighted by Gasteiger charge is 2.38. The zero-order valence-corrected chi connectivity index (χ0v) is 21.5. The van der Waals surface area contributed by atoms with Gasteiger partial charge in [0, 0.05) is 42.9 Å². The van der Waals surface area contributed by atoms with Gasteiger partial charge in [-0.1, -0.05) is 30.3 Å². The minimum absolute atomic E-state index is 0.225. The molecule has 0 atom stereocenters. The van der Waals surface area contributed by atoms with E-state index in [0.717, 1.165) is 5.30 Å². The molecule has 8 heteroatoms. The molecule has 30 heavy (non-hydrogen) atoms. The third kappa shape index (κ3) is 3.61. The van der Waals surface area contributed by atoms with Gasteiger partial charge in [0.25, 0.3) is 0 Å². The first-order valence-corrected chi connectivity index (χ1v) is 12.5. The second-order valence-corrected chi connectivity index (χ2v) is 13.1. The van der Waals surface area contributed by atoms with Crippen LogP contribution in [0.3, 0.4) is 0 Å². The monoisotopic (exact) mass is 462 g/mol. The number of rotatable bonds is 3. The van der Waals surface area contributed by atoms with E-state index < -0.39 is 7.14 Å². The van der Waals surface area contributed by atoms with Crippen LogP contribution in [0.5, 0.6) is 0 Å². The van der Waals surface area contributed by atoms with Crippen LogP contribution in [0.25, 0.3) is 0 Å². The zero-order chi connectivity index (χ0) is 22.6. The van der Waals surface area contributed by atoms with Crippen LogP contribution in [0.4, 0.5) is 0 Å². The van der Waals surface area contributed by atoms with Crippen LogP contribution in [-0.4, -0.2) is 18.3 Å². The number of aromatic nitrogens is 4. The van der Waals surface area contributed by atoms with Gasteiger partial charge in [-0.25, -0.2) is 0 Å². The molecule has 2 aromatic heterocycles. The summed E-state index contributed by atoms with van der Waals surface area (Å²) in [5.74, 6) is 0. The molecule has 3 aromatic rings. The third-order valence-corrected chi connectivity index (χ3v) is 9.46. The van der Waals surface area contributed by atoms with Crippen molar-refractivity contribution >= 4 is 47.8 Å². The molecule has 0 aliphatic carbocycles. The van der Waals surface area contributed by atoms with E-state index in [1.165, 1.54) is 0 Å². The summed E-state index contributed by atoms with van der Waals surface area (Å²) in [5, 5.41) is 0.762. The highest BCUT2D eigenvalue weighted by atomic mass is 32.1. The molecule has 0 radical (unpaired) electrons. The van der Waals surface area contributed by atoms with Crippen molar-refractivity contribution in [3.63, 3.8) is 0 Å². The van der Waals surface area contributed by atoms with Crippen molar-refractivity contribution in [1.82, 2.24) is 18.3 Å². The highest BCUT2D eigenvalue weighted by molar-refractivity contribution is 7.85. The quantitative estimate of drug-likeness (QED) is 0.423. The minimum Gasteiger partial charge on any atom is -0.318 e. The predicted molar refractivity (Wildman–Crippen MR) is 131 cm³/mol. The van der Waals surface area contributed by atoms with E-state index in [0.29, 0.717) is 20.4 Å². The summed E-state index contributed by atoms with van der Waals surface area (Å²) in [6, 6.07) is 9.64. The fourth-order valence-electron chi connectivity index (χ4n) is 3.60. The van der Waals surface area contributed by atoms with Crippen LogP contribution in [-0.2, 0) is 29.7 Å². The summed E-state index contributed by atoms with van der Waals surface area (Å²) in [5.41, 5.74) is 0.949. The van der Waals surface area contributed by atoms with Gasteiger partial charge >= 0.3 is 0 Å². The second-order valence-electron chi connectivity index (χ2n) is 9.68. The van der Waals surface area contributed by atoms with Crippen molar-refractivity contribution in [3.05, 3.63) is 52.3 Å². The first-order valence-electron chi connectivity index (χ1n) is 9.95. The molecule has 0 aliphatic heterocycles. The Bertz CT molecular complexity index is 1170. The lowest BCUT2D eigenvalue weighted by atomic mass is 10.1. The maximum Gasteiger partial charge on any atom is 0.205 e. The number of nitrogens with zero attached hydrogens (tertiary/aromatic N) is 4. The van der Waals surface area contributed by atoms with Gasteiger partial charge < -0.3 is 22.8 Å². The molecule has 162 valence electrons. The highest BCUT2D eigenvalue weighted by Crippen LogP contribution is 2.43. The average molecular weight is 463 g/mol. The molecule has 2 heterocycles. The Labute approximate surface area is 189 Å². The molecule has 0 saturated heterocycles. The van der Waals surface area contributed by atoms with Crippen molar-refractivity contribution in [1.29, 1.82) is 0 Å². The van der Waals surface area contributed by atoms with Gasteiger partial charge in [-0.2, -0.15) is 0 Å². The zero-order valence-electron chi connectivity index (χ0n) is 19.0. The number of hydrogen-bond acceptors (Lipinski definition) is 3. The van der Waals surface area contributed by atoms with Crippen LogP contribution < -0.4 is 16.2 Å². The number of benzene rings is 1. The van der Waals surface area contributed by atoms with Crippen molar-refractivity contribution in [3.8, 4) is 0 Å². The lowest BCUT2D eigenvalue weighted by Gasteiger charge is -2.21. The Morgan fingerprint density at radius 1 is 0.733 bits per heavy atom. The molecular formula is C22H31N4OPS2. The Hall–Kier alpha value is -1.69. The lowest BCUT2D eigenvalue weighted by molar-refractivity contribution is 0.388. The fourth-order valence-corrected chi connectivity index (χ4v) is 7.53. The maximum absolute atomic E-state index is 15.1. The molecule has 0 aliphatic rings. The van der Waals surface area contributed by atoms with Crippen molar-refractivity contribution in [2.75, 3.05) is 0 Å². The van der Waals surface area contributed by atoms with Gasteiger partial charge in [0.15, 0.2) is 9.54 Å². The Morgan fingerprint density at radius 2 is 1.10 bits per heavy atom. The van der Waals surface area contributed by atoms with E-state index in [4.69, 9.17) is 24.4 Å². The number of hydrogen-bond donors (Lipinski definition) is 0. The smallest absolute Gasteiger partial charge is 0.205 e. The van der Waals surface area contributed by atoms with Crippen LogP contribution in [0.15, 0.2) is 42.7 Å².